The van der Waals surface area contributed by atoms with Crippen molar-refractivity contribution >= 4 is 46.3 Å². The second kappa shape index (κ2) is 7.64. The Morgan fingerprint density at radius 2 is 1.82 bits per heavy atom. The van der Waals surface area contributed by atoms with Gasteiger partial charge in [-0.25, -0.2) is 9.82 Å². The van der Waals surface area contributed by atoms with Crippen LogP contribution >= 0.6 is 22.6 Å². The van der Waals surface area contributed by atoms with E-state index >= 15 is 0 Å². The smallest absolute Gasteiger partial charge is 0.318 e. The molecule has 2 aromatic carbocycles. The number of rotatable bonds is 3. The summed E-state index contributed by atoms with van der Waals surface area (Å²) in [5, 5.41) is 5.96. The number of nitrogens with one attached hydrogen (secondary N) is 2. The first-order valence-corrected chi connectivity index (χ1v) is 7.28. The molecule has 0 bridgehead atoms. The molecule has 22 heavy (non-hydrogen) atoms. The Kier molecular flexibility index (Phi) is 5.59. The summed E-state index contributed by atoms with van der Waals surface area (Å²) in [6.45, 7) is 0. The van der Waals surface area contributed by atoms with E-state index in [9.17, 15) is 14.0 Å². The summed E-state index contributed by atoms with van der Waals surface area (Å²) < 4.78 is 14.0. The number of hydrogen-bond acceptors (Lipinski definition) is 3. The average Bonchev–Trinajstić information content (AvgIpc) is 2.49. The molecule has 2 amide bonds. The van der Waals surface area contributed by atoms with Gasteiger partial charge in [0.05, 0.1) is 6.21 Å². The molecule has 0 atom stereocenters. The van der Waals surface area contributed by atoms with E-state index in [1.165, 1.54) is 24.4 Å². The van der Waals surface area contributed by atoms with Crippen molar-refractivity contribution in [1.82, 2.24) is 5.43 Å². The number of hydrogen-bond donors (Lipinski definition) is 2. The van der Waals surface area contributed by atoms with Crippen molar-refractivity contribution in [2.45, 2.75) is 0 Å². The van der Waals surface area contributed by atoms with Gasteiger partial charge in [0.1, 0.15) is 5.82 Å². The highest BCUT2D eigenvalue weighted by molar-refractivity contribution is 14.1. The molecule has 112 valence electrons. The molecule has 0 aliphatic heterocycles. The van der Waals surface area contributed by atoms with E-state index in [1.807, 2.05) is 24.3 Å². The number of anilines is 1. The number of nitrogens with zero attached hydrogens (tertiary/aromatic N) is 1. The monoisotopic (exact) mass is 411 g/mol. The zero-order chi connectivity index (χ0) is 15.9. The van der Waals surface area contributed by atoms with E-state index in [2.05, 4.69) is 38.4 Å². The van der Waals surface area contributed by atoms with E-state index in [0.717, 1.165) is 15.2 Å². The Labute approximate surface area is 139 Å². The van der Waals surface area contributed by atoms with Crippen LogP contribution in [0.25, 0.3) is 0 Å². The highest BCUT2D eigenvalue weighted by Crippen LogP contribution is 2.08. The minimum absolute atomic E-state index is 0.196. The number of carbonyl (C=O) groups excluding carboxylic acids is 2. The molecule has 2 N–H and O–H groups in total. The lowest BCUT2D eigenvalue weighted by Crippen LogP contribution is -2.32. The first-order valence-electron chi connectivity index (χ1n) is 6.20. The van der Waals surface area contributed by atoms with Gasteiger partial charge in [0.25, 0.3) is 0 Å². The van der Waals surface area contributed by atoms with E-state index in [0.29, 0.717) is 0 Å². The minimum atomic E-state index is -0.939. The summed E-state index contributed by atoms with van der Waals surface area (Å²) >= 11 is 2.17. The predicted octanol–water partition coefficient (Wildman–Crippen LogP) is 2.52. The second-order valence-corrected chi connectivity index (χ2v) is 5.46. The molecule has 0 heterocycles. The SMILES string of the molecule is O=C(NN=Cc1ccc(I)cc1)C(=O)Nc1cccc(F)c1. The molecule has 0 saturated heterocycles. The van der Waals surface area contributed by atoms with Gasteiger partial charge in [-0.1, -0.05) is 18.2 Å². The molecule has 7 heteroatoms. The van der Waals surface area contributed by atoms with Crippen LogP contribution in [0.3, 0.4) is 0 Å². The largest absolute Gasteiger partial charge is 0.329 e. The van der Waals surface area contributed by atoms with Crippen molar-refractivity contribution in [3.63, 3.8) is 0 Å². The molecule has 0 saturated carbocycles. The standard InChI is InChI=1S/C15H11FIN3O2/c16-11-2-1-3-13(8-11)19-14(21)15(22)20-18-9-10-4-6-12(17)7-5-10/h1-9H,(H,19,21)(H,20,22). The molecule has 5 nitrogen and oxygen atoms in total. The molecular weight excluding hydrogens is 400 g/mol. The van der Waals surface area contributed by atoms with Gasteiger partial charge in [-0.05, 0) is 58.5 Å². The normalized spacial score (nSPS) is 10.5. The maximum absolute atomic E-state index is 13.0. The molecule has 0 aliphatic rings. The van der Waals surface area contributed by atoms with Crippen LogP contribution in [0.5, 0.6) is 0 Å². The molecule has 0 fully saturated rings. The summed E-state index contributed by atoms with van der Waals surface area (Å²) in [5.74, 6) is -2.37. The zero-order valence-electron chi connectivity index (χ0n) is 11.2. The highest BCUT2D eigenvalue weighted by Gasteiger charge is 2.12. The highest BCUT2D eigenvalue weighted by atomic mass is 127. The fourth-order valence-electron chi connectivity index (χ4n) is 1.52. The number of amides is 2. The lowest BCUT2D eigenvalue weighted by Gasteiger charge is -2.03. The van der Waals surface area contributed by atoms with E-state index < -0.39 is 17.6 Å². The molecule has 0 unspecified atom stereocenters. The molecule has 2 rings (SSSR count). The van der Waals surface area contributed by atoms with Gasteiger partial charge in [0.2, 0.25) is 0 Å². The third-order valence-electron chi connectivity index (χ3n) is 2.54. The van der Waals surface area contributed by atoms with Gasteiger partial charge >= 0.3 is 11.8 Å². The lowest BCUT2D eigenvalue weighted by atomic mass is 10.2. The zero-order valence-corrected chi connectivity index (χ0v) is 13.4. The average molecular weight is 411 g/mol. The summed E-state index contributed by atoms with van der Waals surface area (Å²) in [4.78, 5) is 23.1. The molecule has 0 spiro atoms. The van der Waals surface area contributed by atoms with Crippen LogP contribution < -0.4 is 10.7 Å². The Morgan fingerprint density at radius 1 is 1.09 bits per heavy atom. The summed E-state index contributed by atoms with van der Waals surface area (Å²) in [5.41, 5.74) is 3.08. The molecule has 0 aliphatic carbocycles. The number of benzene rings is 2. The van der Waals surface area contributed by atoms with Gasteiger partial charge in [0, 0.05) is 9.26 Å². The van der Waals surface area contributed by atoms with Gasteiger partial charge < -0.3 is 5.32 Å². The van der Waals surface area contributed by atoms with Crippen LogP contribution in [0.15, 0.2) is 53.6 Å². The van der Waals surface area contributed by atoms with Crippen molar-refractivity contribution in [1.29, 1.82) is 0 Å². The Morgan fingerprint density at radius 3 is 2.50 bits per heavy atom. The first-order chi connectivity index (χ1) is 10.5. The third kappa shape index (κ3) is 4.92. The van der Waals surface area contributed by atoms with Crippen LogP contribution in [-0.4, -0.2) is 18.0 Å². The predicted molar refractivity (Wildman–Crippen MR) is 89.9 cm³/mol. The fraction of sp³-hybridized carbons (Fsp3) is 0. The van der Waals surface area contributed by atoms with Crippen LogP contribution in [0, 0.1) is 9.39 Å². The number of hydrazone groups is 1. The van der Waals surface area contributed by atoms with Crippen molar-refractivity contribution in [3.8, 4) is 0 Å². The molecule has 2 aromatic rings. The summed E-state index contributed by atoms with van der Waals surface area (Å²) in [7, 11) is 0. The second-order valence-electron chi connectivity index (χ2n) is 4.22. The Balaban J connectivity index is 1.89. The van der Waals surface area contributed by atoms with Crippen molar-refractivity contribution < 1.29 is 14.0 Å². The van der Waals surface area contributed by atoms with Gasteiger partial charge in [-0.15, -0.1) is 0 Å². The summed E-state index contributed by atoms with van der Waals surface area (Å²) in [6, 6.07) is 12.7. The van der Waals surface area contributed by atoms with Crippen molar-refractivity contribution in [2.24, 2.45) is 5.10 Å². The Bertz CT molecular complexity index is 717. The van der Waals surface area contributed by atoms with Crippen LogP contribution in [-0.2, 0) is 9.59 Å². The molecule has 0 aromatic heterocycles. The summed E-state index contributed by atoms with van der Waals surface area (Å²) in [6.07, 6.45) is 1.42. The maximum atomic E-state index is 13.0. The maximum Gasteiger partial charge on any atom is 0.329 e. The fourth-order valence-corrected chi connectivity index (χ4v) is 1.88. The third-order valence-corrected chi connectivity index (χ3v) is 3.26. The lowest BCUT2D eigenvalue weighted by molar-refractivity contribution is -0.136. The van der Waals surface area contributed by atoms with Gasteiger partial charge in [-0.2, -0.15) is 5.10 Å². The number of halogens is 2. The van der Waals surface area contributed by atoms with E-state index in [1.54, 1.807) is 0 Å². The quantitative estimate of drug-likeness (QED) is 0.353. The first kappa shape index (κ1) is 16.1. The van der Waals surface area contributed by atoms with Crippen molar-refractivity contribution in [3.05, 3.63) is 63.5 Å². The van der Waals surface area contributed by atoms with Crippen LogP contribution in [0.2, 0.25) is 0 Å². The van der Waals surface area contributed by atoms with Gasteiger partial charge in [0.15, 0.2) is 0 Å². The number of carbonyl (C=O) groups is 2. The van der Waals surface area contributed by atoms with Crippen LogP contribution in [0.4, 0.5) is 10.1 Å². The molecular formula is C15H11FIN3O2. The van der Waals surface area contributed by atoms with E-state index in [-0.39, 0.29) is 5.69 Å². The van der Waals surface area contributed by atoms with Crippen LogP contribution in [0.1, 0.15) is 5.56 Å². The van der Waals surface area contributed by atoms with Crippen molar-refractivity contribution in [2.75, 3.05) is 5.32 Å². The topological polar surface area (TPSA) is 70.6 Å². The molecule has 0 radical (unpaired) electrons. The van der Waals surface area contributed by atoms with Gasteiger partial charge in [-0.3, -0.25) is 9.59 Å². The Hall–Kier alpha value is -2.29. The minimum Gasteiger partial charge on any atom is -0.318 e. The van der Waals surface area contributed by atoms with E-state index in [4.69, 9.17) is 0 Å².